The van der Waals surface area contributed by atoms with Crippen LogP contribution >= 0.6 is 0 Å². The number of rotatable bonds is 7. The van der Waals surface area contributed by atoms with E-state index in [9.17, 15) is 4.79 Å². The number of Topliss-reactive ketones (excluding diaryl/α,β-unsaturated/α-hetero) is 1. The zero-order valence-electron chi connectivity index (χ0n) is 13.0. The molecule has 0 N–H and O–H groups in total. The molecular weight excluding hydrogens is 266 g/mol. The Morgan fingerprint density at radius 1 is 1.33 bits per heavy atom. The van der Waals surface area contributed by atoms with E-state index in [2.05, 4.69) is 4.90 Å². The molecule has 1 heterocycles. The summed E-state index contributed by atoms with van der Waals surface area (Å²) in [5, 5.41) is 0. The third-order valence-corrected chi connectivity index (χ3v) is 3.81. The topological polar surface area (TPSA) is 38.8 Å². The van der Waals surface area contributed by atoms with Crippen molar-refractivity contribution in [2.45, 2.75) is 19.8 Å². The standard InChI is InChI=1S/C17H25NO3/c1-3-21-17-7-5-4-6-15(17)16(19)13-18(2)12-14-8-10-20-11-9-14/h4-7,14H,3,8-13H2,1-2H3. The van der Waals surface area contributed by atoms with E-state index in [-0.39, 0.29) is 5.78 Å². The molecule has 0 unspecified atom stereocenters. The monoisotopic (exact) mass is 291 g/mol. The lowest BCUT2D eigenvalue weighted by Crippen LogP contribution is -2.33. The van der Waals surface area contributed by atoms with Gasteiger partial charge in [-0.1, -0.05) is 12.1 Å². The average molecular weight is 291 g/mol. The van der Waals surface area contributed by atoms with Crippen molar-refractivity contribution < 1.29 is 14.3 Å². The summed E-state index contributed by atoms with van der Waals surface area (Å²) in [4.78, 5) is 14.6. The molecule has 0 spiro atoms. The van der Waals surface area contributed by atoms with E-state index in [1.165, 1.54) is 0 Å². The highest BCUT2D eigenvalue weighted by Gasteiger charge is 2.19. The highest BCUT2D eigenvalue weighted by molar-refractivity contribution is 6.00. The van der Waals surface area contributed by atoms with Crippen LogP contribution in [0.2, 0.25) is 0 Å². The molecular formula is C17H25NO3. The van der Waals surface area contributed by atoms with Gasteiger partial charge < -0.3 is 9.47 Å². The fourth-order valence-corrected chi connectivity index (χ4v) is 2.74. The van der Waals surface area contributed by atoms with E-state index >= 15 is 0 Å². The van der Waals surface area contributed by atoms with E-state index in [4.69, 9.17) is 9.47 Å². The number of nitrogens with zero attached hydrogens (tertiary/aromatic N) is 1. The summed E-state index contributed by atoms with van der Waals surface area (Å²) in [5.41, 5.74) is 0.679. The van der Waals surface area contributed by atoms with Crippen LogP contribution < -0.4 is 4.74 Å². The molecule has 0 aliphatic carbocycles. The van der Waals surface area contributed by atoms with Gasteiger partial charge in [-0.3, -0.25) is 9.69 Å². The Morgan fingerprint density at radius 3 is 2.76 bits per heavy atom. The summed E-state index contributed by atoms with van der Waals surface area (Å²) in [5.74, 6) is 1.44. The first-order valence-corrected chi connectivity index (χ1v) is 7.72. The number of hydrogen-bond acceptors (Lipinski definition) is 4. The quantitative estimate of drug-likeness (QED) is 0.724. The summed E-state index contributed by atoms with van der Waals surface area (Å²) in [7, 11) is 2.01. The first-order valence-electron chi connectivity index (χ1n) is 7.72. The van der Waals surface area contributed by atoms with Crippen molar-refractivity contribution in [2.75, 3.05) is 40.0 Å². The van der Waals surface area contributed by atoms with Crippen LogP contribution in [0, 0.1) is 5.92 Å². The van der Waals surface area contributed by atoms with E-state index in [0.717, 1.165) is 32.6 Å². The molecule has 0 amide bonds. The minimum Gasteiger partial charge on any atom is -0.493 e. The molecule has 0 saturated carbocycles. The molecule has 0 radical (unpaired) electrons. The van der Waals surface area contributed by atoms with E-state index in [1.54, 1.807) is 0 Å². The lowest BCUT2D eigenvalue weighted by atomic mass is 9.99. The van der Waals surface area contributed by atoms with Crippen LogP contribution in [0.25, 0.3) is 0 Å². The Balaban J connectivity index is 1.91. The number of likely N-dealkylation sites (N-methyl/N-ethyl adjacent to an activating group) is 1. The summed E-state index contributed by atoms with van der Waals surface area (Å²) in [6.45, 7) is 5.58. The number of para-hydroxylation sites is 1. The predicted molar refractivity (Wildman–Crippen MR) is 83.0 cm³/mol. The Hall–Kier alpha value is -1.39. The lowest BCUT2D eigenvalue weighted by Gasteiger charge is -2.26. The molecule has 4 nitrogen and oxygen atoms in total. The number of benzene rings is 1. The average Bonchev–Trinajstić information content (AvgIpc) is 2.49. The number of ketones is 1. The van der Waals surface area contributed by atoms with E-state index in [0.29, 0.717) is 30.4 Å². The molecule has 4 heteroatoms. The second kappa shape index (κ2) is 8.15. The maximum atomic E-state index is 12.4. The van der Waals surface area contributed by atoms with Crippen LogP contribution in [0.5, 0.6) is 5.75 Å². The summed E-state index contributed by atoms with van der Waals surface area (Å²) in [6.07, 6.45) is 2.18. The van der Waals surface area contributed by atoms with Gasteiger partial charge in [0, 0.05) is 19.8 Å². The number of carbonyl (C=O) groups excluding carboxylic acids is 1. The first-order chi connectivity index (χ1) is 10.2. The van der Waals surface area contributed by atoms with Gasteiger partial charge in [-0.15, -0.1) is 0 Å². The van der Waals surface area contributed by atoms with Crippen molar-refractivity contribution in [1.82, 2.24) is 4.90 Å². The Bertz CT molecular complexity index is 455. The molecule has 1 aliphatic heterocycles. The fourth-order valence-electron chi connectivity index (χ4n) is 2.74. The molecule has 2 rings (SSSR count). The van der Waals surface area contributed by atoms with Crippen molar-refractivity contribution in [3.8, 4) is 5.75 Å². The maximum Gasteiger partial charge on any atom is 0.180 e. The minimum atomic E-state index is 0.119. The van der Waals surface area contributed by atoms with E-state index < -0.39 is 0 Å². The summed E-state index contributed by atoms with van der Waals surface area (Å²) >= 11 is 0. The summed E-state index contributed by atoms with van der Waals surface area (Å²) < 4.78 is 10.9. The van der Waals surface area contributed by atoms with Crippen molar-refractivity contribution in [2.24, 2.45) is 5.92 Å². The van der Waals surface area contributed by atoms with Crippen LogP contribution in [-0.4, -0.2) is 50.6 Å². The van der Waals surface area contributed by atoms with Crippen LogP contribution in [-0.2, 0) is 4.74 Å². The van der Waals surface area contributed by atoms with Gasteiger partial charge >= 0.3 is 0 Å². The van der Waals surface area contributed by atoms with Crippen LogP contribution in [0.15, 0.2) is 24.3 Å². The molecule has 116 valence electrons. The molecule has 1 aliphatic rings. The Labute approximate surface area is 127 Å². The summed E-state index contributed by atoms with van der Waals surface area (Å²) in [6, 6.07) is 7.48. The van der Waals surface area contributed by atoms with Crippen molar-refractivity contribution in [3.63, 3.8) is 0 Å². The third kappa shape index (κ3) is 4.83. The number of hydrogen-bond donors (Lipinski definition) is 0. The molecule has 1 aromatic carbocycles. The van der Waals surface area contributed by atoms with Gasteiger partial charge in [0.1, 0.15) is 5.75 Å². The van der Waals surface area contributed by atoms with Crippen LogP contribution in [0.1, 0.15) is 30.1 Å². The predicted octanol–water partition coefficient (Wildman–Crippen LogP) is 2.63. The molecule has 1 saturated heterocycles. The fraction of sp³-hybridized carbons (Fsp3) is 0.588. The second-order valence-corrected chi connectivity index (χ2v) is 5.60. The smallest absolute Gasteiger partial charge is 0.180 e. The zero-order chi connectivity index (χ0) is 15.1. The number of carbonyl (C=O) groups is 1. The molecule has 0 bridgehead atoms. The van der Waals surface area contributed by atoms with Crippen LogP contribution in [0.4, 0.5) is 0 Å². The highest BCUT2D eigenvalue weighted by Crippen LogP contribution is 2.20. The minimum absolute atomic E-state index is 0.119. The molecule has 0 aromatic heterocycles. The molecule has 1 aromatic rings. The van der Waals surface area contributed by atoms with Crippen LogP contribution in [0.3, 0.4) is 0 Å². The zero-order valence-corrected chi connectivity index (χ0v) is 13.0. The van der Waals surface area contributed by atoms with Crippen molar-refractivity contribution in [3.05, 3.63) is 29.8 Å². The van der Waals surface area contributed by atoms with Crippen molar-refractivity contribution >= 4 is 5.78 Å². The van der Waals surface area contributed by atoms with Gasteiger partial charge in [0.25, 0.3) is 0 Å². The van der Waals surface area contributed by atoms with Gasteiger partial charge in [0.05, 0.1) is 18.7 Å². The Kier molecular flexibility index (Phi) is 6.21. The lowest BCUT2D eigenvalue weighted by molar-refractivity contribution is 0.0549. The maximum absolute atomic E-state index is 12.4. The molecule has 21 heavy (non-hydrogen) atoms. The van der Waals surface area contributed by atoms with Gasteiger partial charge in [-0.25, -0.2) is 0 Å². The normalized spacial score (nSPS) is 16.1. The number of ether oxygens (including phenoxy) is 2. The first kappa shape index (κ1) is 16.0. The largest absolute Gasteiger partial charge is 0.493 e. The second-order valence-electron chi connectivity index (χ2n) is 5.60. The highest BCUT2D eigenvalue weighted by atomic mass is 16.5. The van der Waals surface area contributed by atoms with E-state index in [1.807, 2.05) is 38.2 Å². The molecule has 0 atom stereocenters. The molecule has 1 fully saturated rings. The van der Waals surface area contributed by atoms with Crippen molar-refractivity contribution in [1.29, 1.82) is 0 Å². The van der Waals surface area contributed by atoms with Gasteiger partial charge in [0.15, 0.2) is 5.78 Å². The SMILES string of the molecule is CCOc1ccccc1C(=O)CN(C)CC1CCOCC1. The van der Waals surface area contributed by atoms with Gasteiger partial charge in [0.2, 0.25) is 0 Å². The Morgan fingerprint density at radius 2 is 2.05 bits per heavy atom. The third-order valence-electron chi connectivity index (χ3n) is 3.81. The van der Waals surface area contributed by atoms with Gasteiger partial charge in [-0.2, -0.15) is 0 Å². The van der Waals surface area contributed by atoms with Gasteiger partial charge in [-0.05, 0) is 44.9 Å².